The number of nitrogens with zero attached hydrogens (tertiary/aromatic N) is 1. The third-order valence-corrected chi connectivity index (χ3v) is 10.0. The van der Waals surface area contributed by atoms with Crippen LogP contribution in [0.25, 0.3) is 0 Å². The highest BCUT2D eigenvalue weighted by atomic mass is 35.5. The Balaban J connectivity index is 1.54. The highest BCUT2D eigenvalue weighted by Crippen LogP contribution is 2.29. The number of carbonyl (C=O) groups excluding carboxylic acids is 1. The van der Waals surface area contributed by atoms with E-state index in [1.165, 1.54) is 42.5 Å². The van der Waals surface area contributed by atoms with Crippen LogP contribution in [-0.4, -0.2) is 29.3 Å². The second-order valence-electron chi connectivity index (χ2n) is 8.85. The van der Waals surface area contributed by atoms with Crippen molar-refractivity contribution in [3.63, 3.8) is 0 Å². The van der Waals surface area contributed by atoms with Crippen LogP contribution in [0.15, 0.2) is 101 Å². The number of sulfonamides is 2. The number of hydrogen-bond acceptors (Lipinski definition) is 5. The molecule has 0 radical (unpaired) electrons. The first kappa shape index (κ1) is 29.4. The highest BCUT2D eigenvalue weighted by molar-refractivity contribution is 7.93. The summed E-state index contributed by atoms with van der Waals surface area (Å²) in [6, 6.07) is 22.8. The zero-order valence-electron chi connectivity index (χ0n) is 21.4. The van der Waals surface area contributed by atoms with E-state index in [0.717, 1.165) is 9.87 Å². The Bertz CT molecular complexity index is 1760. The lowest BCUT2D eigenvalue weighted by Crippen LogP contribution is -2.38. The summed E-state index contributed by atoms with van der Waals surface area (Å²) in [7, 11) is -8.05. The average Bonchev–Trinajstić information content (AvgIpc) is 2.92. The number of benzene rings is 4. The van der Waals surface area contributed by atoms with Crippen LogP contribution in [0.2, 0.25) is 10.0 Å². The number of halogens is 2. The number of nitrogens with one attached hydrogen (secondary N) is 2. The van der Waals surface area contributed by atoms with Gasteiger partial charge in [-0.2, -0.15) is 0 Å². The van der Waals surface area contributed by atoms with E-state index < -0.39 is 32.5 Å². The summed E-state index contributed by atoms with van der Waals surface area (Å²) in [6.45, 7) is 2.93. The summed E-state index contributed by atoms with van der Waals surface area (Å²) in [5.41, 5.74) is 2.18. The lowest BCUT2D eigenvalue weighted by atomic mass is 10.2. The highest BCUT2D eigenvalue weighted by Gasteiger charge is 2.27. The largest absolute Gasteiger partial charge is 0.325 e. The summed E-state index contributed by atoms with van der Waals surface area (Å²) in [5.74, 6) is -0.639. The fraction of sp³-hybridized carbons (Fsp3) is 0.107. The van der Waals surface area contributed by atoms with Crippen LogP contribution in [0.4, 0.5) is 17.1 Å². The van der Waals surface area contributed by atoms with Crippen molar-refractivity contribution in [2.45, 2.75) is 23.6 Å². The van der Waals surface area contributed by atoms with Crippen molar-refractivity contribution < 1.29 is 21.6 Å². The monoisotopic (exact) mass is 617 g/mol. The van der Waals surface area contributed by atoms with Crippen molar-refractivity contribution >= 4 is 66.2 Å². The second kappa shape index (κ2) is 11.9. The molecule has 0 aliphatic rings. The first-order valence-electron chi connectivity index (χ1n) is 11.9. The van der Waals surface area contributed by atoms with Crippen molar-refractivity contribution in [1.82, 2.24) is 0 Å². The Hall–Kier alpha value is -3.57. The van der Waals surface area contributed by atoms with Gasteiger partial charge in [0.25, 0.3) is 20.0 Å². The second-order valence-corrected chi connectivity index (χ2v) is 13.2. The number of anilines is 3. The molecule has 208 valence electrons. The molecule has 4 aromatic rings. The van der Waals surface area contributed by atoms with E-state index in [2.05, 4.69) is 10.0 Å². The topological polar surface area (TPSA) is 113 Å². The van der Waals surface area contributed by atoms with Gasteiger partial charge in [0, 0.05) is 15.7 Å². The molecule has 2 N–H and O–H groups in total. The van der Waals surface area contributed by atoms with Gasteiger partial charge in [-0.25, -0.2) is 16.8 Å². The van der Waals surface area contributed by atoms with Gasteiger partial charge < -0.3 is 5.32 Å². The predicted molar refractivity (Wildman–Crippen MR) is 159 cm³/mol. The fourth-order valence-corrected chi connectivity index (χ4v) is 6.65. The molecule has 0 aliphatic carbocycles. The number of rotatable bonds is 9. The van der Waals surface area contributed by atoms with Crippen LogP contribution < -0.4 is 14.3 Å². The Morgan fingerprint density at radius 2 is 1.45 bits per heavy atom. The van der Waals surface area contributed by atoms with E-state index in [-0.39, 0.29) is 21.2 Å². The van der Waals surface area contributed by atoms with E-state index in [4.69, 9.17) is 23.2 Å². The summed E-state index contributed by atoms with van der Waals surface area (Å²) in [4.78, 5) is 13.0. The van der Waals surface area contributed by atoms with Gasteiger partial charge in [0.2, 0.25) is 5.91 Å². The SMILES string of the molecule is Cc1ccc(N(CC(=O)Nc2ccc(S(=O)(=O)Nc3cccc(Cl)c3C)cc2)S(=O)(=O)c2ccccc2)cc1Cl. The molecular weight excluding hydrogens is 593 g/mol. The summed E-state index contributed by atoms with van der Waals surface area (Å²) >= 11 is 12.3. The molecule has 0 aliphatic heterocycles. The summed E-state index contributed by atoms with van der Waals surface area (Å²) < 4.78 is 56.2. The van der Waals surface area contributed by atoms with Crippen LogP contribution in [-0.2, 0) is 24.8 Å². The molecule has 12 heteroatoms. The first-order chi connectivity index (χ1) is 18.9. The Labute approximate surface area is 243 Å². The lowest BCUT2D eigenvalue weighted by molar-refractivity contribution is -0.114. The minimum atomic E-state index is -4.12. The van der Waals surface area contributed by atoms with Gasteiger partial charge in [-0.15, -0.1) is 0 Å². The first-order valence-corrected chi connectivity index (χ1v) is 15.6. The smallest absolute Gasteiger partial charge is 0.264 e. The zero-order valence-corrected chi connectivity index (χ0v) is 24.6. The van der Waals surface area contributed by atoms with Crippen LogP contribution in [0.1, 0.15) is 11.1 Å². The van der Waals surface area contributed by atoms with Crippen LogP contribution in [0.5, 0.6) is 0 Å². The van der Waals surface area contributed by atoms with Crippen LogP contribution in [0, 0.1) is 13.8 Å². The Morgan fingerprint density at radius 1 is 0.775 bits per heavy atom. The maximum Gasteiger partial charge on any atom is 0.264 e. The molecule has 8 nitrogen and oxygen atoms in total. The molecule has 0 atom stereocenters. The van der Waals surface area contributed by atoms with Gasteiger partial charge in [-0.05, 0) is 85.6 Å². The van der Waals surface area contributed by atoms with E-state index in [1.807, 2.05) is 0 Å². The molecule has 1 amide bonds. The van der Waals surface area contributed by atoms with Gasteiger partial charge in [0.1, 0.15) is 6.54 Å². The minimum Gasteiger partial charge on any atom is -0.325 e. The van der Waals surface area contributed by atoms with E-state index in [0.29, 0.717) is 21.3 Å². The maximum absolute atomic E-state index is 13.5. The van der Waals surface area contributed by atoms with E-state index in [9.17, 15) is 21.6 Å². The Morgan fingerprint density at radius 3 is 2.10 bits per heavy atom. The van der Waals surface area contributed by atoms with Gasteiger partial charge in [-0.1, -0.05) is 53.5 Å². The zero-order chi connectivity index (χ0) is 29.1. The molecule has 0 heterocycles. The standard InChI is InChI=1S/C28H25Cl2N3O5S2/c1-19-11-14-22(17-26(19)30)33(40(37,38)24-7-4-3-5-8-24)18-28(34)31-21-12-15-23(16-13-21)39(35,36)32-27-10-6-9-25(29)20(27)2/h3-17,32H,18H2,1-2H3,(H,31,34). The number of hydrogen-bond donors (Lipinski definition) is 2. The van der Waals surface area contributed by atoms with Crippen molar-refractivity contribution in [1.29, 1.82) is 0 Å². The quantitative estimate of drug-likeness (QED) is 0.231. The maximum atomic E-state index is 13.5. The Kier molecular flexibility index (Phi) is 8.74. The van der Waals surface area contributed by atoms with Crippen LogP contribution >= 0.6 is 23.2 Å². The number of aryl methyl sites for hydroxylation is 1. The average molecular weight is 619 g/mol. The van der Waals surface area contributed by atoms with Gasteiger partial charge in [0.05, 0.1) is 21.2 Å². The van der Waals surface area contributed by atoms with Crippen molar-refractivity contribution in [2.24, 2.45) is 0 Å². The molecule has 40 heavy (non-hydrogen) atoms. The van der Waals surface area contributed by atoms with Gasteiger partial charge in [0.15, 0.2) is 0 Å². The molecule has 0 saturated heterocycles. The molecule has 0 bridgehead atoms. The van der Waals surface area contributed by atoms with Gasteiger partial charge >= 0.3 is 0 Å². The predicted octanol–water partition coefficient (Wildman–Crippen LogP) is 6.25. The van der Waals surface area contributed by atoms with Crippen LogP contribution in [0.3, 0.4) is 0 Å². The fourth-order valence-electron chi connectivity index (χ4n) is 3.74. The summed E-state index contributed by atoms with van der Waals surface area (Å²) in [6.07, 6.45) is 0. The molecule has 0 spiro atoms. The molecule has 0 saturated carbocycles. The van der Waals surface area contributed by atoms with E-state index in [1.54, 1.807) is 62.4 Å². The number of carbonyl (C=O) groups is 1. The molecule has 0 fully saturated rings. The molecule has 0 aromatic heterocycles. The molecule has 4 rings (SSSR count). The molecular formula is C28H25Cl2N3O5S2. The summed E-state index contributed by atoms with van der Waals surface area (Å²) in [5, 5.41) is 3.40. The minimum absolute atomic E-state index is 0.0106. The molecule has 4 aromatic carbocycles. The normalized spacial score (nSPS) is 11.6. The van der Waals surface area contributed by atoms with Crippen molar-refractivity contribution in [2.75, 3.05) is 20.9 Å². The lowest BCUT2D eigenvalue weighted by Gasteiger charge is -2.24. The molecule has 0 unspecified atom stereocenters. The van der Waals surface area contributed by atoms with Crippen molar-refractivity contribution in [3.05, 3.63) is 112 Å². The third kappa shape index (κ3) is 6.59. The third-order valence-electron chi connectivity index (χ3n) is 6.02. The number of amides is 1. The van der Waals surface area contributed by atoms with Crippen molar-refractivity contribution in [3.8, 4) is 0 Å². The van der Waals surface area contributed by atoms with E-state index >= 15 is 0 Å². The van der Waals surface area contributed by atoms with Gasteiger partial charge in [-0.3, -0.25) is 13.8 Å².